The number of pyridine rings is 1. The molecule has 1 unspecified atom stereocenters. The molecule has 1 amide bonds. The van der Waals surface area contributed by atoms with Gasteiger partial charge in [-0.3, -0.25) is 9.78 Å². The second-order valence-corrected chi connectivity index (χ2v) is 5.04. The van der Waals surface area contributed by atoms with Gasteiger partial charge < -0.3 is 10.1 Å². The summed E-state index contributed by atoms with van der Waals surface area (Å²) in [5, 5.41) is 2.85. The van der Waals surface area contributed by atoms with Crippen molar-refractivity contribution < 1.29 is 9.53 Å². The SMILES string of the molecule is COC(CNC(=O)c1cccnc1)C(C)(C)C. The summed E-state index contributed by atoms with van der Waals surface area (Å²) in [5.41, 5.74) is 0.563. The van der Waals surface area contributed by atoms with Crippen molar-refractivity contribution >= 4 is 5.91 Å². The summed E-state index contributed by atoms with van der Waals surface area (Å²) in [6.45, 7) is 6.74. The van der Waals surface area contributed by atoms with Gasteiger partial charge in [0.2, 0.25) is 0 Å². The van der Waals surface area contributed by atoms with Crippen LogP contribution < -0.4 is 5.32 Å². The predicted molar refractivity (Wildman–Crippen MR) is 66.8 cm³/mol. The number of carbonyl (C=O) groups excluding carboxylic acids is 1. The molecule has 1 aromatic heterocycles. The third-order valence-electron chi connectivity index (χ3n) is 2.62. The number of nitrogens with zero attached hydrogens (tertiary/aromatic N) is 1. The average molecular weight is 236 g/mol. The Morgan fingerprint density at radius 2 is 2.24 bits per heavy atom. The van der Waals surface area contributed by atoms with Crippen molar-refractivity contribution in [1.82, 2.24) is 10.3 Å². The van der Waals surface area contributed by atoms with E-state index in [0.717, 1.165) is 0 Å². The summed E-state index contributed by atoms with van der Waals surface area (Å²) in [5.74, 6) is -0.121. The minimum Gasteiger partial charge on any atom is -0.379 e. The van der Waals surface area contributed by atoms with Crippen LogP contribution in [0, 0.1) is 5.41 Å². The van der Waals surface area contributed by atoms with Crippen LogP contribution in [0.5, 0.6) is 0 Å². The molecular formula is C13H20N2O2. The third-order valence-corrected chi connectivity index (χ3v) is 2.62. The van der Waals surface area contributed by atoms with Crippen molar-refractivity contribution in [1.29, 1.82) is 0 Å². The van der Waals surface area contributed by atoms with E-state index in [9.17, 15) is 4.79 Å². The van der Waals surface area contributed by atoms with Gasteiger partial charge in [0.05, 0.1) is 11.7 Å². The first kappa shape index (κ1) is 13.6. The van der Waals surface area contributed by atoms with Gasteiger partial charge in [0.25, 0.3) is 5.91 Å². The molecule has 1 aromatic rings. The van der Waals surface area contributed by atoms with E-state index in [2.05, 4.69) is 31.1 Å². The summed E-state index contributed by atoms with van der Waals surface area (Å²) < 4.78 is 5.37. The number of nitrogens with one attached hydrogen (secondary N) is 1. The molecular weight excluding hydrogens is 216 g/mol. The molecule has 1 heterocycles. The van der Waals surface area contributed by atoms with Gasteiger partial charge in [0, 0.05) is 26.0 Å². The van der Waals surface area contributed by atoms with Crippen LogP contribution in [0.3, 0.4) is 0 Å². The molecule has 0 aliphatic rings. The van der Waals surface area contributed by atoms with E-state index in [0.29, 0.717) is 12.1 Å². The molecule has 94 valence electrons. The second kappa shape index (κ2) is 5.77. The largest absolute Gasteiger partial charge is 0.379 e. The molecule has 0 saturated carbocycles. The Kier molecular flexibility index (Phi) is 4.63. The van der Waals surface area contributed by atoms with Crippen molar-refractivity contribution in [2.24, 2.45) is 5.41 Å². The van der Waals surface area contributed by atoms with Gasteiger partial charge in [-0.25, -0.2) is 0 Å². The third kappa shape index (κ3) is 4.15. The molecule has 0 bridgehead atoms. The smallest absolute Gasteiger partial charge is 0.252 e. The van der Waals surface area contributed by atoms with E-state index < -0.39 is 0 Å². The lowest BCUT2D eigenvalue weighted by Crippen LogP contribution is -2.40. The predicted octanol–water partition coefficient (Wildman–Crippen LogP) is 1.87. The molecule has 0 radical (unpaired) electrons. The Balaban J connectivity index is 2.54. The fourth-order valence-electron chi connectivity index (χ4n) is 1.53. The van der Waals surface area contributed by atoms with Gasteiger partial charge in [-0.15, -0.1) is 0 Å². The first-order valence-electron chi connectivity index (χ1n) is 5.66. The zero-order valence-corrected chi connectivity index (χ0v) is 10.9. The Bertz CT molecular complexity index is 357. The number of carbonyl (C=O) groups is 1. The van der Waals surface area contributed by atoms with Crippen LogP contribution in [0.1, 0.15) is 31.1 Å². The standard InChI is InChI=1S/C13H20N2O2/c1-13(2,3)11(17-4)9-15-12(16)10-6-5-7-14-8-10/h5-8,11H,9H2,1-4H3,(H,15,16). The average Bonchev–Trinajstić information content (AvgIpc) is 2.29. The molecule has 0 fully saturated rings. The monoisotopic (exact) mass is 236 g/mol. The molecule has 4 nitrogen and oxygen atoms in total. The van der Waals surface area contributed by atoms with Crippen LogP contribution in [0.25, 0.3) is 0 Å². The Morgan fingerprint density at radius 3 is 2.71 bits per heavy atom. The van der Waals surface area contributed by atoms with Crippen LogP contribution in [-0.2, 0) is 4.74 Å². The van der Waals surface area contributed by atoms with Gasteiger partial charge in [0.1, 0.15) is 0 Å². The lowest BCUT2D eigenvalue weighted by molar-refractivity contribution is 0.0176. The number of rotatable bonds is 4. The van der Waals surface area contributed by atoms with Gasteiger partial charge in [-0.05, 0) is 17.5 Å². The fourth-order valence-corrected chi connectivity index (χ4v) is 1.53. The number of ether oxygens (including phenoxy) is 1. The lowest BCUT2D eigenvalue weighted by atomic mass is 9.89. The van der Waals surface area contributed by atoms with Crippen LogP contribution in [0.4, 0.5) is 0 Å². The molecule has 0 aliphatic carbocycles. The quantitative estimate of drug-likeness (QED) is 0.868. The molecule has 1 N–H and O–H groups in total. The lowest BCUT2D eigenvalue weighted by Gasteiger charge is -2.29. The van der Waals surface area contributed by atoms with E-state index in [-0.39, 0.29) is 17.4 Å². The number of hydrogen-bond acceptors (Lipinski definition) is 3. The van der Waals surface area contributed by atoms with Gasteiger partial charge >= 0.3 is 0 Å². The maximum Gasteiger partial charge on any atom is 0.252 e. The van der Waals surface area contributed by atoms with E-state index >= 15 is 0 Å². The summed E-state index contributed by atoms with van der Waals surface area (Å²) in [6, 6.07) is 3.48. The number of methoxy groups -OCH3 is 1. The second-order valence-electron chi connectivity index (χ2n) is 5.04. The van der Waals surface area contributed by atoms with Gasteiger partial charge in [-0.2, -0.15) is 0 Å². The van der Waals surface area contributed by atoms with Crippen LogP contribution in [0.2, 0.25) is 0 Å². The van der Waals surface area contributed by atoms with E-state index in [4.69, 9.17) is 4.74 Å². The maximum absolute atomic E-state index is 11.8. The number of aromatic nitrogens is 1. The minimum atomic E-state index is -0.121. The Morgan fingerprint density at radius 1 is 1.53 bits per heavy atom. The van der Waals surface area contributed by atoms with Crippen LogP contribution in [-0.4, -0.2) is 30.6 Å². The van der Waals surface area contributed by atoms with Crippen molar-refractivity contribution in [3.8, 4) is 0 Å². The topological polar surface area (TPSA) is 51.2 Å². The van der Waals surface area contributed by atoms with Crippen molar-refractivity contribution in [3.05, 3.63) is 30.1 Å². The molecule has 0 saturated heterocycles. The summed E-state index contributed by atoms with van der Waals surface area (Å²) >= 11 is 0. The minimum absolute atomic E-state index is 0.00301. The van der Waals surface area contributed by atoms with E-state index in [1.807, 2.05) is 0 Å². The summed E-state index contributed by atoms with van der Waals surface area (Å²) in [6.07, 6.45) is 3.18. The van der Waals surface area contributed by atoms with E-state index in [1.54, 1.807) is 31.6 Å². The normalized spacial score (nSPS) is 13.2. The molecule has 1 atom stereocenters. The van der Waals surface area contributed by atoms with Crippen LogP contribution in [0.15, 0.2) is 24.5 Å². The molecule has 17 heavy (non-hydrogen) atoms. The summed E-state index contributed by atoms with van der Waals surface area (Å²) in [4.78, 5) is 15.7. The Labute approximate surface area is 102 Å². The summed E-state index contributed by atoms with van der Waals surface area (Å²) in [7, 11) is 1.66. The first-order chi connectivity index (χ1) is 7.95. The molecule has 0 aliphatic heterocycles. The maximum atomic E-state index is 11.8. The zero-order valence-electron chi connectivity index (χ0n) is 10.9. The molecule has 4 heteroatoms. The van der Waals surface area contributed by atoms with Gasteiger partial charge in [0.15, 0.2) is 0 Å². The highest BCUT2D eigenvalue weighted by atomic mass is 16.5. The highest BCUT2D eigenvalue weighted by Crippen LogP contribution is 2.20. The zero-order chi connectivity index (χ0) is 12.9. The van der Waals surface area contributed by atoms with Crippen molar-refractivity contribution in [2.45, 2.75) is 26.9 Å². The highest BCUT2D eigenvalue weighted by molar-refractivity contribution is 5.93. The fraction of sp³-hybridized carbons (Fsp3) is 0.538. The first-order valence-corrected chi connectivity index (χ1v) is 5.66. The van der Waals surface area contributed by atoms with Crippen molar-refractivity contribution in [2.75, 3.05) is 13.7 Å². The number of hydrogen-bond donors (Lipinski definition) is 1. The van der Waals surface area contributed by atoms with Crippen LogP contribution >= 0.6 is 0 Å². The van der Waals surface area contributed by atoms with Crippen molar-refractivity contribution in [3.63, 3.8) is 0 Å². The highest BCUT2D eigenvalue weighted by Gasteiger charge is 2.24. The molecule has 1 rings (SSSR count). The van der Waals surface area contributed by atoms with Gasteiger partial charge in [-0.1, -0.05) is 20.8 Å². The Hall–Kier alpha value is -1.42. The number of amides is 1. The molecule has 0 spiro atoms. The van der Waals surface area contributed by atoms with E-state index in [1.165, 1.54) is 0 Å². The molecule has 0 aromatic carbocycles.